The minimum absolute atomic E-state index is 0.0469. The van der Waals surface area contributed by atoms with Crippen LogP contribution in [0.15, 0.2) is 30.3 Å². The van der Waals surface area contributed by atoms with Crippen LogP contribution in [-0.4, -0.2) is 24.5 Å². The summed E-state index contributed by atoms with van der Waals surface area (Å²) in [5.41, 5.74) is 0.663. The lowest BCUT2D eigenvalue weighted by Crippen LogP contribution is -2.50. The van der Waals surface area contributed by atoms with Crippen molar-refractivity contribution in [3.8, 4) is 12.3 Å². The molecule has 20 heavy (non-hydrogen) atoms. The number of benzene rings is 1. The number of urea groups is 1. The fraction of sp³-hybridized carbons (Fsp3) is 0.333. The van der Waals surface area contributed by atoms with Gasteiger partial charge in [0, 0.05) is 5.69 Å². The smallest absolute Gasteiger partial charge is 0.319 e. The van der Waals surface area contributed by atoms with Gasteiger partial charge in [-0.05, 0) is 18.1 Å². The van der Waals surface area contributed by atoms with Gasteiger partial charge in [-0.25, -0.2) is 4.79 Å². The summed E-state index contributed by atoms with van der Waals surface area (Å²) in [6, 6.07) is 7.96. The number of anilines is 1. The number of amides is 3. The second-order valence-corrected chi connectivity index (χ2v) is 4.61. The highest BCUT2D eigenvalue weighted by molar-refractivity contribution is 5.93. The van der Waals surface area contributed by atoms with E-state index in [1.165, 1.54) is 0 Å². The molecule has 0 aliphatic rings. The zero-order valence-electron chi connectivity index (χ0n) is 11.6. The molecular weight excluding hydrogens is 254 g/mol. The molecule has 1 unspecified atom stereocenters. The number of hydrogen-bond donors (Lipinski definition) is 3. The van der Waals surface area contributed by atoms with Crippen LogP contribution < -0.4 is 16.0 Å². The predicted octanol–water partition coefficient (Wildman–Crippen LogP) is 1.58. The number of para-hydroxylation sites is 1. The Balaban J connectivity index is 2.59. The van der Waals surface area contributed by atoms with Crippen LogP contribution >= 0.6 is 0 Å². The molecule has 1 aromatic rings. The van der Waals surface area contributed by atoms with Crippen molar-refractivity contribution in [2.45, 2.75) is 19.9 Å². The number of carbonyl (C=O) groups is 2. The molecule has 0 spiro atoms. The second-order valence-electron chi connectivity index (χ2n) is 4.61. The van der Waals surface area contributed by atoms with Crippen LogP contribution in [0.25, 0.3) is 0 Å². The minimum atomic E-state index is -0.632. The summed E-state index contributed by atoms with van der Waals surface area (Å²) >= 11 is 0. The SMILES string of the molecule is C#CCNC(=O)C(NC(=O)Nc1ccccc1)C(C)C. The molecule has 0 saturated carbocycles. The van der Waals surface area contributed by atoms with Gasteiger partial charge in [0.25, 0.3) is 0 Å². The van der Waals surface area contributed by atoms with E-state index < -0.39 is 12.1 Å². The maximum atomic E-state index is 11.9. The Labute approximate surface area is 119 Å². The molecule has 106 valence electrons. The lowest BCUT2D eigenvalue weighted by molar-refractivity contribution is -0.123. The van der Waals surface area contributed by atoms with Crippen molar-refractivity contribution in [1.29, 1.82) is 0 Å². The third kappa shape index (κ3) is 5.02. The molecule has 0 aromatic heterocycles. The summed E-state index contributed by atoms with van der Waals surface area (Å²) in [7, 11) is 0. The summed E-state index contributed by atoms with van der Waals surface area (Å²) in [5.74, 6) is 1.99. The zero-order valence-corrected chi connectivity index (χ0v) is 11.6. The summed E-state index contributed by atoms with van der Waals surface area (Å²) in [5, 5.41) is 7.88. The van der Waals surface area contributed by atoms with Crippen LogP contribution in [0.1, 0.15) is 13.8 Å². The molecule has 0 radical (unpaired) electrons. The van der Waals surface area contributed by atoms with E-state index in [1.54, 1.807) is 12.1 Å². The van der Waals surface area contributed by atoms with Gasteiger partial charge in [0.2, 0.25) is 5.91 Å². The van der Waals surface area contributed by atoms with Crippen LogP contribution in [0, 0.1) is 18.3 Å². The van der Waals surface area contributed by atoms with Crippen LogP contribution in [0.5, 0.6) is 0 Å². The van der Waals surface area contributed by atoms with Crippen LogP contribution in [-0.2, 0) is 4.79 Å². The van der Waals surface area contributed by atoms with Crippen molar-refractivity contribution in [3.63, 3.8) is 0 Å². The maximum absolute atomic E-state index is 11.9. The van der Waals surface area contributed by atoms with Crippen molar-refractivity contribution in [1.82, 2.24) is 10.6 Å². The largest absolute Gasteiger partial charge is 0.343 e. The molecule has 0 aliphatic carbocycles. The Morgan fingerprint density at radius 1 is 1.25 bits per heavy atom. The molecule has 1 rings (SSSR count). The molecule has 0 heterocycles. The van der Waals surface area contributed by atoms with Crippen molar-refractivity contribution < 1.29 is 9.59 Å². The van der Waals surface area contributed by atoms with Gasteiger partial charge in [-0.3, -0.25) is 4.79 Å². The van der Waals surface area contributed by atoms with E-state index in [0.717, 1.165) is 0 Å². The summed E-state index contributed by atoms with van der Waals surface area (Å²) in [6.07, 6.45) is 5.09. The maximum Gasteiger partial charge on any atom is 0.319 e. The van der Waals surface area contributed by atoms with Gasteiger partial charge in [0.05, 0.1) is 6.54 Å². The van der Waals surface area contributed by atoms with E-state index in [0.29, 0.717) is 5.69 Å². The summed E-state index contributed by atoms with van der Waals surface area (Å²) < 4.78 is 0. The van der Waals surface area contributed by atoms with Gasteiger partial charge in [-0.1, -0.05) is 38.0 Å². The van der Waals surface area contributed by atoms with E-state index in [2.05, 4.69) is 21.9 Å². The predicted molar refractivity (Wildman–Crippen MR) is 79.1 cm³/mol. The van der Waals surface area contributed by atoms with E-state index in [4.69, 9.17) is 6.42 Å². The van der Waals surface area contributed by atoms with Crippen LogP contribution in [0.3, 0.4) is 0 Å². The Bertz CT molecular complexity index is 492. The van der Waals surface area contributed by atoms with Gasteiger partial charge in [0.1, 0.15) is 6.04 Å². The fourth-order valence-electron chi connectivity index (χ4n) is 1.61. The molecule has 5 heteroatoms. The number of rotatable bonds is 5. The monoisotopic (exact) mass is 273 g/mol. The quantitative estimate of drug-likeness (QED) is 0.713. The third-order valence-corrected chi connectivity index (χ3v) is 2.63. The Morgan fingerprint density at radius 3 is 2.45 bits per heavy atom. The van der Waals surface area contributed by atoms with E-state index >= 15 is 0 Å². The highest BCUT2D eigenvalue weighted by Crippen LogP contribution is 2.06. The van der Waals surface area contributed by atoms with Gasteiger partial charge in [0.15, 0.2) is 0 Å². The Hall–Kier alpha value is -2.48. The first-order chi connectivity index (χ1) is 9.54. The molecule has 0 fully saturated rings. The van der Waals surface area contributed by atoms with Crippen molar-refractivity contribution in [3.05, 3.63) is 30.3 Å². The molecule has 3 amide bonds. The van der Waals surface area contributed by atoms with Crippen molar-refractivity contribution >= 4 is 17.6 Å². The fourth-order valence-corrected chi connectivity index (χ4v) is 1.61. The van der Waals surface area contributed by atoms with E-state index in [9.17, 15) is 9.59 Å². The lowest BCUT2D eigenvalue weighted by atomic mass is 10.0. The number of carbonyl (C=O) groups excluding carboxylic acids is 2. The second kappa shape index (κ2) is 7.85. The van der Waals surface area contributed by atoms with Crippen LogP contribution in [0.2, 0.25) is 0 Å². The first-order valence-electron chi connectivity index (χ1n) is 6.38. The van der Waals surface area contributed by atoms with E-state index in [1.807, 2.05) is 32.0 Å². The summed E-state index contributed by atoms with van der Waals surface area (Å²) in [6.45, 7) is 3.84. The molecule has 1 aromatic carbocycles. The van der Waals surface area contributed by atoms with Crippen molar-refractivity contribution in [2.24, 2.45) is 5.92 Å². The van der Waals surface area contributed by atoms with Gasteiger partial charge in [-0.15, -0.1) is 6.42 Å². The van der Waals surface area contributed by atoms with Gasteiger partial charge in [-0.2, -0.15) is 0 Å². The minimum Gasteiger partial charge on any atom is -0.343 e. The lowest BCUT2D eigenvalue weighted by Gasteiger charge is -2.21. The third-order valence-electron chi connectivity index (χ3n) is 2.63. The topological polar surface area (TPSA) is 70.2 Å². The van der Waals surface area contributed by atoms with Crippen molar-refractivity contribution in [2.75, 3.05) is 11.9 Å². The average Bonchev–Trinajstić information content (AvgIpc) is 2.43. The number of terminal acetylenes is 1. The molecule has 1 atom stereocenters. The molecule has 0 bridgehead atoms. The highest BCUT2D eigenvalue weighted by Gasteiger charge is 2.23. The normalized spacial score (nSPS) is 11.3. The van der Waals surface area contributed by atoms with E-state index in [-0.39, 0.29) is 18.4 Å². The highest BCUT2D eigenvalue weighted by atomic mass is 16.2. The van der Waals surface area contributed by atoms with Gasteiger partial charge >= 0.3 is 6.03 Å². The molecule has 5 nitrogen and oxygen atoms in total. The van der Waals surface area contributed by atoms with Gasteiger partial charge < -0.3 is 16.0 Å². The first-order valence-corrected chi connectivity index (χ1v) is 6.38. The number of hydrogen-bond acceptors (Lipinski definition) is 2. The zero-order chi connectivity index (χ0) is 15.0. The average molecular weight is 273 g/mol. The Morgan fingerprint density at radius 2 is 1.90 bits per heavy atom. The standard InChI is InChI=1S/C15H19N3O2/c1-4-10-16-14(19)13(11(2)3)18-15(20)17-12-8-6-5-7-9-12/h1,5-9,11,13H,10H2,2-3H3,(H,16,19)(H2,17,18,20). The van der Waals surface area contributed by atoms with Crippen LogP contribution in [0.4, 0.5) is 10.5 Å². The molecular formula is C15H19N3O2. The molecule has 0 aliphatic heterocycles. The number of nitrogens with one attached hydrogen (secondary N) is 3. The summed E-state index contributed by atoms with van der Waals surface area (Å²) in [4.78, 5) is 23.7. The Kier molecular flexibility index (Phi) is 6.11. The first kappa shape index (κ1) is 15.6. The molecule has 3 N–H and O–H groups in total. The molecule has 0 saturated heterocycles.